The van der Waals surface area contributed by atoms with Gasteiger partial charge in [0.05, 0.1) is 0 Å². The fraction of sp³-hybridized carbons (Fsp3) is 0. The minimum Gasteiger partial charge on any atom is -0.512 e. The SMILES string of the molecule is F.[C-]#N.[K+]. The van der Waals surface area contributed by atoms with Crippen molar-refractivity contribution >= 4 is 0 Å². The van der Waals surface area contributed by atoms with E-state index in [0.717, 1.165) is 0 Å². The normalized spacial score (nSPS) is 0.500. The molecule has 0 aromatic carbocycles. The van der Waals surface area contributed by atoms with E-state index >= 15 is 0 Å². The summed E-state index contributed by atoms with van der Waals surface area (Å²) in [6.07, 6.45) is 0. The maximum Gasteiger partial charge on any atom is 1.00 e. The molecule has 18 valence electrons. The first-order valence-corrected chi connectivity index (χ1v) is 0.224. The van der Waals surface area contributed by atoms with Crippen LogP contribution in [0, 0.1) is 11.8 Å². The molecule has 0 aromatic heterocycles. The van der Waals surface area contributed by atoms with Crippen molar-refractivity contribution in [1.82, 2.24) is 0 Å². The van der Waals surface area contributed by atoms with Gasteiger partial charge in [-0.15, -0.1) is 0 Å². The van der Waals surface area contributed by atoms with Crippen LogP contribution in [0.3, 0.4) is 0 Å². The molecule has 0 amide bonds. The zero-order valence-corrected chi connectivity index (χ0v) is 5.48. The minimum atomic E-state index is 0. The second-order valence-corrected chi connectivity index (χ2v) is 0. The van der Waals surface area contributed by atoms with Crippen molar-refractivity contribution in [1.29, 1.82) is 5.26 Å². The average molecular weight is 85.1 g/mol. The fourth-order valence-electron chi connectivity index (χ4n) is 0. The largest absolute Gasteiger partial charge is 1.00 e. The molecule has 0 aliphatic carbocycles. The molecule has 0 saturated carbocycles. The third-order valence-electron chi connectivity index (χ3n) is 0. The van der Waals surface area contributed by atoms with Gasteiger partial charge in [-0.1, -0.05) is 0 Å². The molecule has 0 N–H and O–H groups in total. The first kappa shape index (κ1) is 19.7. The Morgan fingerprint density at radius 3 is 1.25 bits per heavy atom. The van der Waals surface area contributed by atoms with Gasteiger partial charge in [0.25, 0.3) is 0 Å². The van der Waals surface area contributed by atoms with Crippen LogP contribution in [0.1, 0.15) is 0 Å². The van der Waals surface area contributed by atoms with Gasteiger partial charge in [-0.05, 0) is 0 Å². The van der Waals surface area contributed by atoms with E-state index < -0.39 is 0 Å². The van der Waals surface area contributed by atoms with Crippen molar-refractivity contribution in [3.05, 3.63) is 6.57 Å². The van der Waals surface area contributed by atoms with Crippen molar-refractivity contribution in [3.63, 3.8) is 0 Å². The summed E-state index contributed by atoms with van der Waals surface area (Å²) >= 11 is 0. The number of hydrogen-bond donors (Lipinski definition) is 0. The van der Waals surface area contributed by atoms with E-state index in [9.17, 15) is 0 Å². The van der Waals surface area contributed by atoms with Crippen LogP contribution in [0.5, 0.6) is 0 Å². The Labute approximate surface area is 66.8 Å². The molecule has 0 unspecified atom stereocenters. The molecule has 0 heterocycles. The van der Waals surface area contributed by atoms with Crippen molar-refractivity contribution in [2.45, 2.75) is 0 Å². The van der Waals surface area contributed by atoms with Crippen molar-refractivity contribution in [2.24, 2.45) is 0 Å². The Morgan fingerprint density at radius 1 is 1.25 bits per heavy atom. The van der Waals surface area contributed by atoms with Gasteiger partial charge < -0.3 is 11.8 Å². The van der Waals surface area contributed by atoms with Crippen LogP contribution in [0.4, 0.5) is 4.70 Å². The first-order chi connectivity index (χ1) is 1.00. The summed E-state index contributed by atoms with van der Waals surface area (Å²) in [6.45, 7) is 4.75. The van der Waals surface area contributed by atoms with Gasteiger partial charge in [-0.2, -0.15) is 0 Å². The van der Waals surface area contributed by atoms with Crippen LogP contribution in [0.15, 0.2) is 0 Å². The van der Waals surface area contributed by atoms with Gasteiger partial charge in [-0.25, -0.2) is 0 Å². The van der Waals surface area contributed by atoms with E-state index in [-0.39, 0.29) is 56.1 Å². The predicted molar refractivity (Wildman–Crippen MR) is 7.47 cm³/mol. The fourth-order valence-corrected chi connectivity index (χ4v) is 0. The molecular weight excluding hydrogens is 84.1 g/mol. The van der Waals surface area contributed by atoms with Gasteiger partial charge in [0, 0.05) is 0 Å². The summed E-state index contributed by atoms with van der Waals surface area (Å²) < 4.78 is 0. The molecule has 4 heavy (non-hydrogen) atoms. The van der Waals surface area contributed by atoms with E-state index in [1.807, 2.05) is 0 Å². The number of nitrogens with zero attached hydrogens (tertiary/aromatic N) is 1. The predicted octanol–water partition coefficient (Wildman–Crippen LogP) is -2.75. The van der Waals surface area contributed by atoms with Crippen LogP contribution in [0.25, 0.3) is 0 Å². The molecule has 0 atom stereocenters. The maximum atomic E-state index is 6.25. The quantitative estimate of drug-likeness (QED) is 0.231. The molecule has 0 radical (unpaired) electrons. The van der Waals surface area contributed by atoms with Gasteiger partial charge >= 0.3 is 51.4 Å². The molecule has 0 aliphatic rings. The Bertz CT molecular complexity index is 12.8. The van der Waals surface area contributed by atoms with Crippen LogP contribution in [-0.4, -0.2) is 0 Å². The van der Waals surface area contributed by atoms with Gasteiger partial charge in [0.1, 0.15) is 0 Å². The molecule has 0 spiro atoms. The van der Waals surface area contributed by atoms with Crippen molar-refractivity contribution < 1.29 is 56.1 Å². The third kappa shape index (κ3) is 11.6. The van der Waals surface area contributed by atoms with Gasteiger partial charge in [0.15, 0.2) is 0 Å². The first-order valence-electron chi connectivity index (χ1n) is 0.224. The molecule has 0 bridgehead atoms. The number of rotatable bonds is 0. The molecule has 0 saturated heterocycles. The Balaban J connectivity index is -0.00000000500. The van der Waals surface area contributed by atoms with E-state index in [4.69, 9.17) is 11.8 Å². The van der Waals surface area contributed by atoms with Gasteiger partial charge in [0.2, 0.25) is 0 Å². The maximum absolute atomic E-state index is 6.25. The summed E-state index contributed by atoms with van der Waals surface area (Å²) in [4.78, 5) is 0. The Kier molecular flexibility index (Phi) is 167. The summed E-state index contributed by atoms with van der Waals surface area (Å²) in [6, 6.07) is 0. The van der Waals surface area contributed by atoms with Crippen LogP contribution in [-0.2, 0) is 0 Å². The van der Waals surface area contributed by atoms with Crippen molar-refractivity contribution in [3.8, 4) is 0 Å². The van der Waals surface area contributed by atoms with E-state index in [1.165, 1.54) is 0 Å². The van der Waals surface area contributed by atoms with E-state index in [2.05, 4.69) is 0 Å². The van der Waals surface area contributed by atoms with E-state index in [1.54, 1.807) is 0 Å². The zero-order chi connectivity index (χ0) is 2.00. The monoisotopic (exact) mass is 85.0 g/mol. The number of hydrogen-bond acceptors (Lipinski definition) is 1. The van der Waals surface area contributed by atoms with Crippen LogP contribution in [0.2, 0.25) is 0 Å². The molecule has 0 fully saturated rings. The molecule has 3 heteroatoms. The number of halogens is 1. The topological polar surface area (TPSA) is 23.8 Å². The molecule has 0 aromatic rings. The molecule has 0 aliphatic heterocycles. The second kappa shape index (κ2) is 34.0. The summed E-state index contributed by atoms with van der Waals surface area (Å²) in [5, 5.41) is 6.25. The zero-order valence-electron chi connectivity index (χ0n) is 2.36. The second-order valence-electron chi connectivity index (χ2n) is 0. The molecule has 1 nitrogen and oxygen atoms in total. The summed E-state index contributed by atoms with van der Waals surface area (Å²) in [5.74, 6) is 0. The standard InChI is InChI=1S/CN.FH.K/c1-2;;/h;1H;/q-1;;+1. The van der Waals surface area contributed by atoms with Gasteiger partial charge in [-0.3, -0.25) is 4.70 Å². The van der Waals surface area contributed by atoms with Crippen LogP contribution >= 0.6 is 0 Å². The summed E-state index contributed by atoms with van der Waals surface area (Å²) in [5.41, 5.74) is 0. The minimum absolute atomic E-state index is 0. The smallest absolute Gasteiger partial charge is 0.512 e. The Morgan fingerprint density at radius 2 is 1.25 bits per heavy atom. The Hall–Kier alpha value is 1.06. The summed E-state index contributed by atoms with van der Waals surface area (Å²) in [7, 11) is 0. The average Bonchev–Trinajstić information content (AvgIpc) is 1.00. The molecular formula is CHFKN. The van der Waals surface area contributed by atoms with Crippen LogP contribution < -0.4 is 51.4 Å². The molecule has 0 rings (SSSR count). The third-order valence-corrected chi connectivity index (χ3v) is 0. The van der Waals surface area contributed by atoms with Crippen molar-refractivity contribution in [2.75, 3.05) is 0 Å². The van der Waals surface area contributed by atoms with E-state index in [0.29, 0.717) is 0 Å².